The number of carboxylic acids is 1. The van der Waals surface area contributed by atoms with E-state index in [0.717, 1.165) is 27.8 Å². The van der Waals surface area contributed by atoms with Crippen molar-refractivity contribution in [2.75, 3.05) is 32.8 Å². The van der Waals surface area contributed by atoms with Gasteiger partial charge in [-0.2, -0.15) is 18.4 Å². The van der Waals surface area contributed by atoms with Gasteiger partial charge < -0.3 is 34.6 Å². The van der Waals surface area contributed by atoms with Crippen molar-refractivity contribution in [2.24, 2.45) is 0 Å². The lowest BCUT2D eigenvalue weighted by atomic mass is 9.93. The zero-order valence-electron chi connectivity index (χ0n) is 32.3. The molecule has 16 heteroatoms. The summed E-state index contributed by atoms with van der Waals surface area (Å²) < 4.78 is 56.4. The average molecular weight is 824 g/mol. The van der Waals surface area contributed by atoms with Gasteiger partial charge in [0.1, 0.15) is 42.1 Å². The average Bonchev–Trinajstić information content (AvgIpc) is 3.65. The number of aliphatic hydroxyl groups is 1. The smallest absolute Gasteiger partial charge is 0.471 e. The summed E-state index contributed by atoms with van der Waals surface area (Å²) in [7, 11) is 0. The zero-order valence-corrected chi connectivity index (χ0v) is 33.0. The van der Waals surface area contributed by atoms with E-state index in [4.69, 9.17) is 25.8 Å². The summed E-state index contributed by atoms with van der Waals surface area (Å²) in [6.45, 7) is 6.85. The number of alkyl halides is 3. The fraction of sp³-hybridized carbons (Fsp3) is 0.381. The van der Waals surface area contributed by atoms with Gasteiger partial charge in [0.05, 0.1) is 23.8 Å². The lowest BCUT2D eigenvalue weighted by Crippen LogP contribution is -2.52. The zero-order chi connectivity index (χ0) is 42.0. The Morgan fingerprint density at radius 1 is 0.983 bits per heavy atom. The Hall–Kier alpha value is -5.40. The number of aromatic nitrogens is 1. The lowest BCUT2D eigenvalue weighted by molar-refractivity contribution is -0.174. The van der Waals surface area contributed by atoms with Crippen LogP contribution in [0.3, 0.4) is 0 Å². The molecule has 3 aromatic carbocycles. The molecule has 58 heavy (non-hydrogen) atoms. The van der Waals surface area contributed by atoms with Gasteiger partial charge in [0.15, 0.2) is 0 Å². The number of amides is 1. The third-order valence-corrected chi connectivity index (χ3v) is 10.3. The molecule has 0 radical (unpaired) electrons. The predicted octanol–water partition coefficient (Wildman–Crippen LogP) is 6.50. The number of rotatable bonds is 18. The van der Waals surface area contributed by atoms with Gasteiger partial charge >= 0.3 is 18.1 Å². The number of hydrogen-bond acceptors (Lipinski definition) is 10. The van der Waals surface area contributed by atoms with E-state index in [0.29, 0.717) is 73.0 Å². The van der Waals surface area contributed by atoms with Crippen molar-refractivity contribution in [1.29, 1.82) is 5.26 Å². The van der Waals surface area contributed by atoms with E-state index in [1.165, 1.54) is 13.1 Å². The van der Waals surface area contributed by atoms with Crippen LogP contribution in [0.4, 0.5) is 13.2 Å². The number of likely N-dealkylation sites (tertiary alicyclic amines) is 1. The van der Waals surface area contributed by atoms with Gasteiger partial charge in [0.2, 0.25) is 0 Å². The predicted molar refractivity (Wildman–Crippen MR) is 210 cm³/mol. The van der Waals surface area contributed by atoms with Gasteiger partial charge in [-0.15, -0.1) is 0 Å². The minimum atomic E-state index is -4.89. The third kappa shape index (κ3) is 11.2. The fourth-order valence-corrected chi connectivity index (χ4v) is 6.72. The maximum Gasteiger partial charge on any atom is 0.471 e. The van der Waals surface area contributed by atoms with Gasteiger partial charge in [0, 0.05) is 61.8 Å². The molecule has 12 nitrogen and oxygen atoms in total. The Labute approximate surface area is 339 Å². The van der Waals surface area contributed by atoms with E-state index < -0.39 is 36.2 Å². The molecule has 1 aliphatic heterocycles. The van der Waals surface area contributed by atoms with E-state index in [9.17, 15) is 38.2 Å². The first kappa shape index (κ1) is 43.7. The molecular formula is C42H45ClF3N5O7. The van der Waals surface area contributed by atoms with Crippen molar-refractivity contribution < 1.29 is 47.2 Å². The maximum absolute atomic E-state index is 12.6. The van der Waals surface area contributed by atoms with Crippen molar-refractivity contribution >= 4 is 23.5 Å². The van der Waals surface area contributed by atoms with Gasteiger partial charge in [-0.3, -0.25) is 19.9 Å². The molecule has 0 bridgehead atoms. The van der Waals surface area contributed by atoms with Crippen LogP contribution in [0.15, 0.2) is 67.0 Å². The molecule has 1 fully saturated rings. The highest BCUT2D eigenvalue weighted by Gasteiger charge is 2.40. The summed E-state index contributed by atoms with van der Waals surface area (Å²) >= 11 is 6.72. The fourth-order valence-electron chi connectivity index (χ4n) is 6.48. The lowest BCUT2D eigenvalue weighted by Gasteiger charge is -2.25. The Morgan fingerprint density at radius 2 is 1.71 bits per heavy atom. The summed E-state index contributed by atoms with van der Waals surface area (Å²) in [6, 6.07) is 18.1. The Kier molecular flexibility index (Phi) is 14.6. The molecular weight excluding hydrogens is 779 g/mol. The molecule has 0 saturated carbocycles. The third-order valence-electron chi connectivity index (χ3n) is 10.0. The Bertz CT molecular complexity index is 2150. The van der Waals surface area contributed by atoms with Crippen molar-refractivity contribution in [2.45, 2.75) is 71.1 Å². The molecule has 0 aliphatic carbocycles. The minimum Gasteiger partial charge on any atom is -0.493 e. The molecule has 4 aromatic rings. The number of ether oxygens (including phenoxy) is 3. The van der Waals surface area contributed by atoms with E-state index >= 15 is 0 Å². The molecule has 0 spiro atoms. The quantitative estimate of drug-likeness (QED) is 0.0810. The van der Waals surface area contributed by atoms with Gasteiger partial charge in [0.25, 0.3) is 0 Å². The monoisotopic (exact) mass is 823 g/mol. The molecule has 1 unspecified atom stereocenters. The molecule has 1 aliphatic rings. The summed E-state index contributed by atoms with van der Waals surface area (Å²) in [5.74, 6) is -1.77. The largest absolute Gasteiger partial charge is 0.493 e. The molecule has 5 rings (SSSR count). The number of hydrogen-bond donors (Lipinski definition) is 4. The summed E-state index contributed by atoms with van der Waals surface area (Å²) in [5.41, 5.74) is 4.63. The molecule has 1 saturated heterocycles. The number of carbonyl (C=O) groups is 2. The highest BCUT2D eigenvalue weighted by atomic mass is 35.5. The van der Waals surface area contributed by atoms with Crippen LogP contribution in [-0.4, -0.2) is 82.6 Å². The summed E-state index contributed by atoms with van der Waals surface area (Å²) in [6.07, 6.45) is -0.774. The van der Waals surface area contributed by atoms with Crippen molar-refractivity contribution in [3.63, 3.8) is 0 Å². The van der Waals surface area contributed by atoms with Gasteiger partial charge in [-0.25, -0.2) is 0 Å². The summed E-state index contributed by atoms with van der Waals surface area (Å²) in [4.78, 5) is 29.2. The van der Waals surface area contributed by atoms with Crippen molar-refractivity contribution in [3.05, 3.63) is 105 Å². The molecule has 1 amide bonds. The number of nitriles is 1. The highest BCUT2D eigenvalue weighted by molar-refractivity contribution is 6.32. The van der Waals surface area contributed by atoms with Gasteiger partial charge in [-0.1, -0.05) is 41.9 Å². The van der Waals surface area contributed by atoms with E-state index in [-0.39, 0.29) is 24.8 Å². The SMILES string of the molecule is Cc1c(COc2cc(OCc3cncc(C#N)c3)c(CN[C@@](C)(CO)C(=O)O)cc2Cl)cccc1-c1cccc(OCCCN2CCC(NC(=O)C(F)(F)F)C2)c1C. The Morgan fingerprint density at radius 3 is 2.41 bits per heavy atom. The molecule has 1 aromatic heterocycles. The van der Waals surface area contributed by atoms with Crippen LogP contribution in [-0.2, 0) is 29.3 Å². The molecule has 4 N–H and O–H groups in total. The number of benzene rings is 3. The number of nitrogens with zero attached hydrogens (tertiary/aromatic N) is 3. The first-order chi connectivity index (χ1) is 27.6. The number of pyridine rings is 1. The van der Waals surface area contributed by atoms with Crippen LogP contribution < -0.4 is 24.8 Å². The second-order valence-electron chi connectivity index (χ2n) is 14.3. The molecule has 2 heterocycles. The number of aliphatic hydroxyl groups excluding tert-OH is 1. The molecule has 308 valence electrons. The second-order valence-corrected chi connectivity index (χ2v) is 14.7. The Balaban J connectivity index is 1.25. The van der Waals surface area contributed by atoms with Crippen LogP contribution in [0, 0.1) is 25.2 Å². The maximum atomic E-state index is 12.6. The first-order valence-corrected chi connectivity index (χ1v) is 18.9. The molecule has 2 atom stereocenters. The normalized spacial score (nSPS) is 15.3. The first-order valence-electron chi connectivity index (χ1n) is 18.5. The van der Waals surface area contributed by atoms with E-state index in [1.807, 2.05) is 61.2 Å². The number of carbonyl (C=O) groups excluding carboxylic acids is 1. The van der Waals surface area contributed by atoms with Crippen molar-refractivity contribution in [1.82, 2.24) is 20.5 Å². The number of halogens is 4. The summed E-state index contributed by atoms with van der Waals surface area (Å²) in [5, 5.41) is 33.9. The topological polar surface area (TPSA) is 166 Å². The van der Waals surface area contributed by atoms with Crippen LogP contribution in [0.25, 0.3) is 11.1 Å². The van der Waals surface area contributed by atoms with Crippen LogP contribution in [0.5, 0.6) is 17.2 Å². The van der Waals surface area contributed by atoms with Crippen LogP contribution in [0.1, 0.15) is 53.1 Å². The minimum absolute atomic E-state index is 0.00738. The standard InChI is InChI=1S/C42H45ClF3N5O7/c1-26-30(7-4-8-33(26)34-9-5-10-36(27(34)2)56-14-6-12-51-13-11-32(22-51)50-39(53)42(44,45)46)24-58-38-17-37(57-23-29-15-28(18-47)19-48-20-29)31(16-35(38)43)21-49-41(3,25-52)40(54)55/h4-5,7-10,15-17,19-20,32,49,52H,6,11-14,21-25H2,1-3H3,(H,50,53)(H,54,55)/t32?,41-/m0/s1. The van der Waals surface area contributed by atoms with Crippen LogP contribution >= 0.6 is 11.6 Å². The van der Waals surface area contributed by atoms with Crippen LogP contribution in [0.2, 0.25) is 5.02 Å². The number of carboxylic acid groups (broad SMARTS) is 1. The van der Waals surface area contributed by atoms with Gasteiger partial charge in [-0.05, 0) is 79.6 Å². The number of nitrogens with one attached hydrogen (secondary N) is 2. The highest BCUT2D eigenvalue weighted by Crippen LogP contribution is 2.36. The second kappa shape index (κ2) is 19.4. The van der Waals surface area contributed by atoms with E-state index in [1.54, 1.807) is 24.4 Å². The number of aliphatic carboxylic acids is 1. The van der Waals surface area contributed by atoms with Crippen molar-refractivity contribution in [3.8, 4) is 34.4 Å². The van der Waals surface area contributed by atoms with E-state index in [2.05, 4.69) is 15.6 Å².